The minimum atomic E-state index is 1.03. The quantitative estimate of drug-likeness (QED) is 0.527. The van der Waals surface area contributed by atoms with Crippen molar-refractivity contribution in [3.05, 3.63) is 12.3 Å². The molecular weight excluding hydrogens is 97.5 g/mol. The van der Waals surface area contributed by atoms with Crippen LogP contribution in [0.25, 0.3) is 0 Å². The molecule has 2 heteroatoms. The second kappa shape index (κ2) is 4.83. The number of halogens is 1. The van der Waals surface area contributed by atoms with Gasteiger partial charge in [0.05, 0.1) is 0 Å². The van der Waals surface area contributed by atoms with Gasteiger partial charge in [0.1, 0.15) is 0 Å². The van der Waals surface area contributed by atoms with Gasteiger partial charge in [0.15, 0.2) is 0 Å². The summed E-state index contributed by atoms with van der Waals surface area (Å²) in [5.41, 5.74) is 0. The van der Waals surface area contributed by atoms with Gasteiger partial charge in [-0.25, -0.2) is 0 Å². The number of nitrogens with one attached hydrogen (secondary N) is 1. The van der Waals surface area contributed by atoms with Crippen molar-refractivity contribution in [3.8, 4) is 0 Å². The summed E-state index contributed by atoms with van der Waals surface area (Å²) in [6.45, 7) is 2.05. The van der Waals surface area contributed by atoms with Crippen LogP contribution >= 0.6 is 11.8 Å². The largest absolute Gasteiger partial charge is 0.306 e. The molecule has 0 aliphatic rings. The van der Waals surface area contributed by atoms with Crippen LogP contribution in [0.2, 0.25) is 0 Å². The molecule has 1 nitrogen and oxygen atoms in total. The molecule has 0 bridgehead atoms. The third kappa shape index (κ3) is 3.83. The highest BCUT2D eigenvalue weighted by molar-refractivity contribution is 6.14. The lowest BCUT2D eigenvalue weighted by Gasteiger charge is -1.75. The van der Waals surface area contributed by atoms with E-state index in [1.54, 1.807) is 6.20 Å². The molecule has 0 amide bonds. The Morgan fingerprint density at radius 2 is 2.50 bits per heavy atom. The van der Waals surface area contributed by atoms with Gasteiger partial charge in [-0.2, -0.15) is 0 Å². The lowest BCUT2D eigenvalue weighted by Crippen LogP contribution is -1.77. The predicted octanol–water partition coefficient (Wildman–Crippen LogP) is 1.65. The molecule has 0 rings (SSSR count). The van der Waals surface area contributed by atoms with E-state index in [-0.39, 0.29) is 0 Å². The molecule has 0 aromatic heterocycles. The molecule has 36 valence electrons. The van der Waals surface area contributed by atoms with E-state index in [1.165, 1.54) is 0 Å². The molecular formula is C4H8ClN. The number of rotatable bonds is 2. The van der Waals surface area contributed by atoms with Crippen LogP contribution in [0.1, 0.15) is 13.3 Å². The fraction of sp³-hybridized carbons (Fsp3) is 0.500. The number of allylic oxidation sites excluding steroid dienone is 1. The zero-order valence-electron chi connectivity index (χ0n) is 3.74. The highest BCUT2D eigenvalue weighted by atomic mass is 35.5. The molecule has 0 fully saturated rings. The SMILES string of the molecule is CCC=CNCl. The van der Waals surface area contributed by atoms with E-state index >= 15 is 0 Å². The van der Waals surface area contributed by atoms with Crippen molar-refractivity contribution in [3.63, 3.8) is 0 Å². The zero-order valence-corrected chi connectivity index (χ0v) is 4.50. The molecule has 0 saturated heterocycles. The van der Waals surface area contributed by atoms with E-state index in [2.05, 4.69) is 4.84 Å². The average Bonchev–Trinajstić information content (AvgIpc) is 1.61. The van der Waals surface area contributed by atoms with Gasteiger partial charge in [-0.1, -0.05) is 13.0 Å². The Bertz CT molecular complexity index is 36.8. The van der Waals surface area contributed by atoms with Crippen LogP contribution in [0, 0.1) is 0 Å². The zero-order chi connectivity index (χ0) is 4.83. The summed E-state index contributed by atoms with van der Waals surface area (Å²) in [6.07, 6.45) is 4.66. The first-order chi connectivity index (χ1) is 2.91. The summed E-state index contributed by atoms with van der Waals surface area (Å²) in [6, 6.07) is 0. The van der Waals surface area contributed by atoms with Gasteiger partial charge >= 0.3 is 0 Å². The first-order valence-corrected chi connectivity index (χ1v) is 2.30. The monoisotopic (exact) mass is 105 g/mol. The van der Waals surface area contributed by atoms with Crippen LogP contribution in [-0.4, -0.2) is 0 Å². The fourth-order valence-electron chi connectivity index (χ4n) is 0.162. The molecule has 1 N–H and O–H groups in total. The Morgan fingerprint density at radius 3 is 2.67 bits per heavy atom. The Morgan fingerprint density at radius 1 is 1.83 bits per heavy atom. The van der Waals surface area contributed by atoms with Crippen LogP contribution in [0.15, 0.2) is 12.3 Å². The van der Waals surface area contributed by atoms with Crippen molar-refractivity contribution in [1.29, 1.82) is 0 Å². The highest BCUT2D eigenvalue weighted by Gasteiger charge is 1.58. The first-order valence-electron chi connectivity index (χ1n) is 1.93. The van der Waals surface area contributed by atoms with Crippen molar-refractivity contribution >= 4 is 11.8 Å². The third-order valence-corrected chi connectivity index (χ3v) is 0.543. The van der Waals surface area contributed by atoms with Crippen LogP contribution in [-0.2, 0) is 0 Å². The number of hydrogen-bond donors (Lipinski definition) is 1. The Kier molecular flexibility index (Phi) is 4.69. The molecule has 0 aliphatic carbocycles. The van der Waals surface area contributed by atoms with E-state index in [0.29, 0.717) is 0 Å². The predicted molar refractivity (Wildman–Crippen MR) is 28.4 cm³/mol. The van der Waals surface area contributed by atoms with Gasteiger partial charge in [-0.15, -0.1) is 0 Å². The Labute approximate surface area is 43.1 Å². The second-order valence-corrected chi connectivity index (χ2v) is 1.14. The fourth-order valence-corrected chi connectivity index (χ4v) is 0.251. The first kappa shape index (κ1) is 5.83. The summed E-state index contributed by atoms with van der Waals surface area (Å²) < 4.78 is 0. The lowest BCUT2D eigenvalue weighted by molar-refractivity contribution is 1.19. The van der Waals surface area contributed by atoms with E-state index in [0.717, 1.165) is 6.42 Å². The van der Waals surface area contributed by atoms with Gasteiger partial charge in [0, 0.05) is 18.0 Å². The summed E-state index contributed by atoms with van der Waals surface area (Å²) in [4.78, 5) is 2.36. The Balaban J connectivity index is 2.73. The smallest absolute Gasteiger partial charge is 0.00941 e. The van der Waals surface area contributed by atoms with Crippen molar-refractivity contribution in [2.75, 3.05) is 0 Å². The second-order valence-electron chi connectivity index (χ2n) is 0.920. The molecule has 0 heterocycles. The molecule has 0 unspecified atom stereocenters. The van der Waals surface area contributed by atoms with Crippen molar-refractivity contribution in [1.82, 2.24) is 4.84 Å². The van der Waals surface area contributed by atoms with Crippen molar-refractivity contribution < 1.29 is 0 Å². The molecule has 0 aromatic rings. The van der Waals surface area contributed by atoms with E-state index in [9.17, 15) is 0 Å². The molecule has 6 heavy (non-hydrogen) atoms. The van der Waals surface area contributed by atoms with Crippen LogP contribution < -0.4 is 4.84 Å². The van der Waals surface area contributed by atoms with Gasteiger partial charge in [-0.05, 0) is 6.42 Å². The van der Waals surface area contributed by atoms with Crippen LogP contribution in [0.5, 0.6) is 0 Å². The average molecular weight is 106 g/mol. The molecule has 0 radical (unpaired) electrons. The minimum Gasteiger partial charge on any atom is -0.306 e. The molecule has 0 atom stereocenters. The molecule has 0 saturated carbocycles. The lowest BCUT2D eigenvalue weighted by atomic mass is 10.5. The Hall–Kier alpha value is -0.170. The van der Waals surface area contributed by atoms with Crippen LogP contribution in [0.3, 0.4) is 0 Å². The van der Waals surface area contributed by atoms with Gasteiger partial charge in [0.25, 0.3) is 0 Å². The molecule has 0 spiro atoms. The third-order valence-electron chi connectivity index (χ3n) is 0.417. The van der Waals surface area contributed by atoms with Crippen molar-refractivity contribution in [2.45, 2.75) is 13.3 Å². The maximum absolute atomic E-state index is 5.04. The normalized spacial score (nSPS) is 9.67. The standard InChI is InChI=1S/C4H8ClN/c1-2-3-4-6-5/h3-4,6H,2H2,1H3. The summed E-state index contributed by atoms with van der Waals surface area (Å²) in [7, 11) is 0. The summed E-state index contributed by atoms with van der Waals surface area (Å²) in [5, 5.41) is 0. The highest BCUT2D eigenvalue weighted by Crippen LogP contribution is 1.74. The van der Waals surface area contributed by atoms with E-state index in [4.69, 9.17) is 11.8 Å². The van der Waals surface area contributed by atoms with Gasteiger partial charge < -0.3 is 4.84 Å². The topological polar surface area (TPSA) is 12.0 Å². The maximum atomic E-state index is 5.04. The van der Waals surface area contributed by atoms with E-state index in [1.807, 2.05) is 13.0 Å². The minimum absolute atomic E-state index is 1.03. The van der Waals surface area contributed by atoms with Gasteiger partial charge in [0.2, 0.25) is 0 Å². The molecule has 0 aromatic carbocycles. The van der Waals surface area contributed by atoms with E-state index < -0.39 is 0 Å². The van der Waals surface area contributed by atoms with Crippen molar-refractivity contribution in [2.24, 2.45) is 0 Å². The van der Waals surface area contributed by atoms with Crippen LogP contribution in [0.4, 0.5) is 0 Å². The maximum Gasteiger partial charge on any atom is 0.00941 e. The van der Waals surface area contributed by atoms with Gasteiger partial charge in [-0.3, -0.25) is 0 Å². The summed E-state index contributed by atoms with van der Waals surface area (Å²) >= 11 is 5.04. The number of hydrogen-bond acceptors (Lipinski definition) is 1. The summed E-state index contributed by atoms with van der Waals surface area (Å²) in [5.74, 6) is 0. The molecule has 0 aliphatic heterocycles.